The number of nitrogens with zero attached hydrogens (tertiary/aromatic N) is 2. The number of aliphatic carboxylic acids is 1. The number of hydrogen-bond donors (Lipinski definition) is 2. The van der Waals surface area contributed by atoms with Gasteiger partial charge in [0.1, 0.15) is 5.82 Å². The van der Waals surface area contributed by atoms with Gasteiger partial charge in [0.2, 0.25) is 0 Å². The molecule has 2 atom stereocenters. The summed E-state index contributed by atoms with van der Waals surface area (Å²) in [7, 11) is 0. The number of rotatable bonds is 3. The van der Waals surface area contributed by atoms with E-state index in [1.165, 1.54) is 6.07 Å². The van der Waals surface area contributed by atoms with Crippen molar-refractivity contribution in [3.63, 3.8) is 0 Å². The first-order valence-corrected chi connectivity index (χ1v) is 6.28. The SMILES string of the molecule is O=C(O)C1CCCCC1Nc1ccc(C(F)(F)F)nn1. The predicted octanol–water partition coefficient (Wildman–Crippen LogP) is 2.55. The molecule has 1 heterocycles. The van der Waals surface area contributed by atoms with Gasteiger partial charge in [-0.1, -0.05) is 12.8 Å². The maximum atomic E-state index is 12.3. The number of nitrogens with one attached hydrogen (secondary N) is 1. The van der Waals surface area contributed by atoms with Crippen LogP contribution in [0.2, 0.25) is 0 Å². The van der Waals surface area contributed by atoms with E-state index < -0.39 is 23.8 Å². The summed E-state index contributed by atoms with van der Waals surface area (Å²) in [4.78, 5) is 11.1. The van der Waals surface area contributed by atoms with Crippen molar-refractivity contribution in [2.75, 3.05) is 5.32 Å². The summed E-state index contributed by atoms with van der Waals surface area (Å²) < 4.78 is 37.0. The van der Waals surface area contributed by atoms with Gasteiger partial charge in [0.15, 0.2) is 5.69 Å². The molecule has 2 rings (SSSR count). The summed E-state index contributed by atoms with van der Waals surface area (Å²) in [5.41, 5.74) is -1.07. The van der Waals surface area contributed by atoms with Crippen LogP contribution in [0, 0.1) is 5.92 Å². The molecule has 2 N–H and O–H groups in total. The fourth-order valence-corrected chi connectivity index (χ4v) is 2.35. The minimum absolute atomic E-state index is 0.163. The summed E-state index contributed by atoms with van der Waals surface area (Å²) in [6.07, 6.45) is -1.59. The highest BCUT2D eigenvalue weighted by atomic mass is 19.4. The molecule has 5 nitrogen and oxygen atoms in total. The summed E-state index contributed by atoms with van der Waals surface area (Å²) >= 11 is 0. The van der Waals surface area contributed by atoms with Gasteiger partial charge in [-0.2, -0.15) is 13.2 Å². The quantitative estimate of drug-likeness (QED) is 0.894. The molecule has 0 aromatic carbocycles. The van der Waals surface area contributed by atoms with E-state index in [2.05, 4.69) is 15.5 Å². The monoisotopic (exact) mass is 289 g/mol. The van der Waals surface area contributed by atoms with E-state index in [1.54, 1.807) is 0 Å². The predicted molar refractivity (Wildman–Crippen MR) is 64.0 cm³/mol. The van der Waals surface area contributed by atoms with Crippen LogP contribution in [0.5, 0.6) is 0 Å². The van der Waals surface area contributed by atoms with Crippen LogP contribution in [0.4, 0.5) is 19.0 Å². The number of carboxylic acid groups (broad SMARTS) is 1. The molecule has 0 spiro atoms. The Kier molecular flexibility index (Phi) is 4.10. The second kappa shape index (κ2) is 5.64. The van der Waals surface area contributed by atoms with E-state index in [0.717, 1.165) is 18.9 Å². The Morgan fingerprint density at radius 1 is 1.25 bits per heavy atom. The topological polar surface area (TPSA) is 75.1 Å². The molecule has 0 aliphatic heterocycles. The molecule has 20 heavy (non-hydrogen) atoms. The highest BCUT2D eigenvalue weighted by molar-refractivity contribution is 5.71. The van der Waals surface area contributed by atoms with Gasteiger partial charge < -0.3 is 10.4 Å². The van der Waals surface area contributed by atoms with Crippen molar-refractivity contribution in [3.05, 3.63) is 17.8 Å². The van der Waals surface area contributed by atoms with Crippen molar-refractivity contribution < 1.29 is 23.1 Å². The molecule has 8 heteroatoms. The standard InChI is InChI=1S/C12H14F3N3O2/c13-12(14,15)9-5-6-10(18-17-9)16-8-4-2-1-3-7(8)11(19)20/h5-8H,1-4H2,(H,16,18)(H,19,20). The first kappa shape index (κ1) is 14.5. The molecule has 110 valence electrons. The van der Waals surface area contributed by atoms with E-state index >= 15 is 0 Å². The van der Waals surface area contributed by atoms with Gasteiger partial charge in [-0.15, -0.1) is 10.2 Å². The molecule has 1 saturated carbocycles. The number of hydrogen-bond acceptors (Lipinski definition) is 4. The number of anilines is 1. The molecule has 1 aliphatic carbocycles. The largest absolute Gasteiger partial charge is 0.481 e. The molecular weight excluding hydrogens is 275 g/mol. The van der Waals surface area contributed by atoms with Crippen molar-refractivity contribution in [2.45, 2.75) is 37.9 Å². The van der Waals surface area contributed by atoms with Crippen LogP contribution in [-0.2, 0) is 11.0 Å². The van der Waals surface area contributed by atoms with Crippen LogP contribution in [0.25, 0.3) is 0 Å². The Balaban J connectivity index is 2.07. The zero-order chi connectivity index (χ0) is 14.8. The number of carbonyl (C=O) groups is 1. The minimum Gasteiger partial charge on any atom is -0.481 e. The molecular formula is C12H14F3N3O2. The van der Waals surface area contributed by atoms with E-state index in [9.17, 15) is 18.0 Å². The third-order valence-electron chi connectivity index (χ3n) is 3.37. The van der Waals surface area contributed by atoms with Gasteiger partial charge >= 0.3 is 12.1 Å². The highest BCUT2D eigenvalue weighted by Crippen LogP contribution is 2.29. The van der Waals surface area contributed by atoms with Gasteiger partial charge in [-0.25, -0.2) is 0 Å². The molecule has 0 saturated heterocycles. The van der Waals surface area contributed by atoms with Crippen LogP contribution in [0.3, 0.4) is 0 Å². The van der Waals surface area contributed by atoms with Crippen molar-refractivity contribution in [2.24, 2.45) is 5.92 Å². The summed E-state index contributed by atoms with van der Waals surface area (Å²) in [5.74, 6) is -1.29. The fourth-order valence-electron chi connectivity index (χ4n) is 2.35. The highest BCUT2D eigenvalue weighted by Gasteiger charge is 2.34. The maximum Gasteiger partial charge on any atom is 0.435 e. The first-order chi connectivity index (χ1) is 9.38. The normalized spacial score (nSPS) is 23.4. The molecule has 0 amide bonds. The van der Waals surface area contributed by atoms with Crippen LogP contribution in [-0.4, -0.2) is 27.3 Å². The van der Waals surface area contributed by atoms with E-state index in [0.29, 0.717) is 12.8 Å². The van der Waals surface area contributed by atoms with Crippen LogP contribution < -0.4 is 5.32 Å². The zero-order valence-corrected chi connectivity index (χ0v) is 10.5. The fraction of sp³-hybridized carbons (Fsp3) is 0.583. The molecule has 1 fully saturated rings. The lowest BCUT2D eigenvalue weighted by Crippen LogP contribution is -2.37. The van der Waals surface area contributed by atoms with E-state index in [-0.39, 0.29) is 11.9 Å². The Morgan fingerprint density at radius 3 is 2.50 bits per heavy atom. The van der Waals surface area contributed by atoms with Gasteiger partial charge in [0, 0.05) is 6.04 Å². The summed E-state index contributed by atoms with van der Waals surface area (Å²) in [6, 6.07) is 1.67. The van der Waals surface area contributed by atoms with Gasteiger partial charge in [-0.05, 0) is 25.0 Å². The van der Waals surface area contributed by atoms with Crippen molar-refractivity contribution >= 4 is 11.8 Å². The Morgan fingerprint density at radius 2 is 1.95 bits per heavy atom. The average Bonchev–Trinajstić information content (AvgIpc) is 2.38. The second-order valence-electron chi connectivity index (χ2n) is 4.78. The number of aromatic nitrogens is 2. The van der Waals surface area contributed by atoms with Gasteiger partial charge in [-0.3, -0.25) is 4.79 Å². The van der Waals surface area contributed by atoms with Crippen LogP contribution >= 0.6 is 0 Å². The lowest BCUT2D eigenvalue weighted by molar-refractivity contribution is -0.143. The van der Waals surface area contributed by atoms with E-state index in [4.69, 9.17) is 5.11 Å². The average molecular weight is 289 g/mol. The van der Waals surface area contributed by atoms with E-state index in [1.807, 2.05) is 0 Å². The number of carboxylic acids is 1. The third kappa shape index (κ3) is 3.37. The second-order valence-corrected chi connectivity index (χ2v) is 4.78. The lowest BCUT2D eigenvalue weighted by atomic mass is 9.84. The number of alkyl halides is 3. The zero-order valence-electron chi connectivity index (χ0n) is 10.5. The molecule has 1 aliphatic rings. The summed E-state index contributed by atoms with van der Waals surface area (Å²) in [6.45, 7) is 0. The van der Waals surface area contributed by atoms with Gasteiger partial charge in [0.05, 0.1) is 5.92 Å². The molecule has 0 radical (unpaired) electrons. The molecule has 1 aromatic rings. The van der Waals surface area contributed by atoms with Crippen LogP contribution in [0.1, 0.15) is 31.4 Å². The van der Waals surface area contributed by atoms with Crippen molar-refractivity contribution in [3.8, 4) is 0 Å². The minimum atomic E-state index is -4.53. The van der Waals surface area contributed by atoms with Crippen molar-refractivity contribution in [1.29, 1.82) is 0 Å². The lowest BCUT2D eigenvalue weighted by Gasteiger charge is -2.29. The van der Waals surface area contributed by atoms with Gasteiger partial charge in [0.25, 0.3) is 0 Å². The Bertz CT molecular complexity index is 476. The van der Waals surface area contributed by atoms with Crippen LogP contribution in [0.15, 0.2) is 12.1 Å². The number of halogens is 3. The van der Waals surface area contributed by atoms with Crippen molar-refractivity contribution in [1.82, 2.24) is 10.2 Å². The first-order valence-electron chi connectivity index (χ1n) is 6.28. The Labute approximate surface area is 113 Å². The maximum absolute atomic E-state index is 12.3. The summed E-state index contributed by atoms with van der Waals surface area (Å²) in [5, 5.41) is 18.5. The smallest absolute Gasteiger partial charge is 0.435 e. The molecule has 2 unspecified atom stereocenters. The molecule has 0 bridgehead atoms. The third-order valence-corrected chi connectivity index (χ3v) is 3.37. The molecule has 1 aromatic heterocycles. The Hall–Kier alpha value is -1.86.